The molecule has 1 aliphatic carbocycles. The number of amides is 2. The topological polar surface area (TPSA) is 69.6 Å². The van der Waals surface area contributed by atoms with Crippen molar-refractivity contribution in [2.75, 3.05) is 6.54 Å². The molecule has 19 heavy (non-hydrogen) atoms. The Morgan fingerprint density at radius 3 is 2.53 bits per heavy atom. The van der Waals surface area contributed by atoms with E-state index in [1.807, 2.05) is 6.92 Å². The zero-order chi connectivity index (χ0) is 14.0. The molecule has 0 aromatic heterocycles. The maximum absolute atomic E-state index is 12.2. The highest BCUT2D eigenvalue weighted by molar-refractivity contribution is 5.78. The lowest BCUT2D eigenvalue weighted by atomic mass is 10.0. The van der Waals surface area contributed by atoms with Crippen LogP contribution in [0.5, 0.6) is 0 Å². The number of carbonyl (C=O) groups is 2. The number of carboxylic acid groups (broad SMARTS) is 1. The summed E-state index contributed by atoms with van der Waals surface area (Å²) in [5, 5.41) is 12.1. The summed E-state index contributed by atoms with van der Waals surface area (Å²) in [6, 6.07) is -0.0734. The Morgan fingerprint density at radius 2 is 2.05 bits per heavy atom. The highest BCUT2D eigenvalue weighted by Gasteiger charge is 2.38. The van der Waals surface area contributed by atoms with Crippen molar-refractivity contribution in [3.8, 4) is 0 Å². The number of hydrogen-bond acceptors (Lipinski definition) is 2. The Hall–Kier alpha value is -1.26. The summed E-state index contributed by atoms with van der Waals surface area (Å²) in [6.07, 6.45) is 5.13. The first-order valence-corrected chi connectivity index (χ1v) is 7.32. The minimum Gasteiger partial charge on any atom is -0.481 e. The van der Waals surface area contributed by atoms with Crippen LogP contribution >= 0.6 is 0 Å². The summed E-state index contributed by atoms with van der Waals surface area (Å²) in [6.45, 7) is 4.46. The number of carboxylic acids is 1. The van der Waals surface area contributed by atoms with Gasteiger partial charge in [-0.15, -0.1) is 0 Å². The van der Waals surface area contributed by atoms with E-state index < -0.39 is 11.9 Å². The third-order valence-corrected chi connectivity index (χ3v) is 4.47. The Labute approximate surface area is 114 Å². The molecule has 3 unspecified atom stereocenters. The van der Waals surface area contributed by atoms with E-state index >= 15 is 0 Å². The number of rotatable bonds is 5. The largest absolute Gasteiger partial charge is 0.481 e. The summed E-state index contributed by atoms with van der Waals surface area (Å²) < 4.78 is 0. The fourth-order valence-electron chi connectivity index (χ4n) is 2.90. The number of likely N-dealkylation sites (tertiary alicyclic amines) is 1. The van der Waals surface area contributed by atoms with Crippen LogP contribution in [0.25, 0.3) is 0 Å². The van der Waals surface area contributed by atoms with Crippen LogP contribution in [0.3, 0.4) is 0 Å². The molecule has 1 heterocycles. The van der Waals surface area contributed by atoms with Gasteiger partial charge in [0.15, 0.2) is 0 Å². The number of nitrogens with one attached hydrogen (secondary N) is 1. The molecule has 2 rings (SSSR count). The summed E-state index contributed by atoms with van der Waals surface area (Å²) in [7, 11) is 0. The summed E-state index contributed by atoms with van der Waals surface area (Å²) >= 11 is 0. The van der Waals surface area contributed by atoms with Crippen molar-refractivity contribution in [2.45, 2.75) is 58.0 Å². The lowest BCUT2D eigenvalue weighted by Crippen LogP contribution is -2.47. The zero-order valence-electron chi connectivity index (χ0n) is 11.8. The van der Waals surface area contributed by atoms with Crippen LogP contribution in [0.4, 0.5) is 4.79 Å². The fourth-order valence-corrected chi connectivity index (χ4v) is 2.90. The molecule has 2 N–H and O–H groups in total. The van der Waals surface area contributed by atoms with E-state index in [1.54, 1.807) is 4.90 Å². The molecule has 5 nitrogen and oxygen atoms in total. The van der Waals surface area contributed by atoms with Gasteiger partial charge < -0.3 is 15.3 Å². The first kappa shape index (κ1) is 14.2. The molecule has 0 bridgehead atoms. The quantitative estimate of drug-likeness (QED) is 0.802. The van der Waals surface area contributed by atoms with Crippen LogP contribution < -0.4 is 5.32 Å². The maximum atomic E-state index is 12.2. The molecule has 2 aliphatic rings. The van der Waals surface area contributed by atoms with Gasteiger partial charge in [-0.1, -0.05) is 19.8 Å². The molecule has 1 saturated carbocycles. The smallest absolute Gasteiger partial charge is 0.317 e. The number of aliphatic carboxylic acids is 1. The van der Waals surface area contributed by atoms with Crippen molar-refractivity contribution < 1.29 is 14.7 Å². The Bertz CT molecular complexity index is 355. The molecular formula is C14H24N2O3. The predicted molar refractivity (Wildman–Crippen MR) is 71.9 cm³/mol. The van der Waals surface area contributed by atoms with E-state index in [0.29, 0.717) is 13.0 Å². The van der Waals surface area contributed by atoms with Crippen LogP contribution in [-0.2, 0) is 4.79 Å². The van der Waals surface area contributed by atoms with Crippen molar-refractivity contribution in [2.24, 2.45) is 11.8 Å². The maximum Gasteiger partial charge on any atom is 0.317 e. The molecule has 108 valence electrons. The van der Waals surface area contributed by atoms with E-state index in [1.165, 1.54) is 12.8 Å². The molecule has 0 radical (unpaired) electrons. The molecule has 2 fully saturated rings. The molecule has 1 saturated heterocycles. The minimum atomic E-state index is -0.798. The van der Waals surface area contributed by atoms with Crippen molar-refractivity contribution >= 4 is 12.0 Å². The van der Waals surface area contributed by atoms with E-state index in [9.17, 15) is 9.59 Å². The molecule has 3 atom stereocenters. The highest BCUT2D eigenvalue weighted by Crippen LogP contribution is 2.34. The Balaban J connectivity index is 1.86. The lowest BCUT2D eigenvalue weighted by molar-refractivity contribution is -0.142. The SMILES string of the molecule is CCC(CC1CC1)NC(=O)N1CCC(C(=O)O)C1C. The van der Waals surface area contributed by atoms with Gasteiger partial charge in [0, 0.05) is 18.6 Å². The van der Waals surface area contributed by atoms with Crippen molar-refractivity contribution in [3.05, 3.63) is 0 Å². The second-order valence-corrected chi connectivity index (χ2v) is 5.90. The van der Waals surface area contributed by atoms with Crippen molar-refractivity contribution in [3.63, 3.8) is 0 Å². The van der Waals surface area contributed by atoms with Gasteiger partial charge in [0.2, 0.25) is 0 Å². The number of urea groups is 1. The number of hydrogen-bond donors (Lipinski definition) is 2. The summed E-state index contributed by atoms with van der Waals surface area (Å²) in [4.78, 5) is 24.9. The van der Waals surface area contributed by atoms with Gasteiger partial charge in [-0.2, -0.15) is 0 Å². The zero-order valence-corrected chi connectivity index (χ0v) is 11.8. The third kappa shape index (κ3) is 3.39. The first-order chi connectivity index (χ1) is 9.02. The molecule has 1 aliphatic heterocycles. The predicted octanol–water partition coefficient (Wildman–Crippen LogP) is 2.07. The van der Waals surface area contributed by atoms with E-state index in [2.05, 4.69) is 12.2 Å². The first-order valence-electron chi connectivity index (χ1n) is 7.32. The van der Waals surface area contributed by atoms with Gasteiger partial charge >= 0.3 is 12.0 Å². The average molecular weight is 268 g/mol. The average Bonchev–Trinajstić information content (AvgIpc) is 3.08. The highest BCUT2D eigenvalue weighted by atomic mass is 16.4. The van der Waals surface area contributed by atoms with E-state index in [0.717, 1.165) is 18.8 Å². The standard InChI is InChI=1S/C14H24N2O3/c1-3-11(8-10-4-5-10)15-14(19)16-7-6-12(9(16)2)13(17)18/h9-12H,3-8H2,1-2H3,(H,15,19)(H,17,18). The van der Waals surface area contributed by atoms with Gasteiger partial charge in [-0.25, -0.2) is 4.79 Å². The monoisotopic (exact) mass is 268 g/mol. The van der Waals surface area contributed by atoms with Gasteiger partial charge in [-0.05, 0) is 32.1 Å². The van der Waals surface area contributed by atoms with Gasteiger partial charge in [0.25, 0.3) is 0 Å². The van der Waals surface area contributed by atoms with Crippen LogP contribution in [0, 0.1) is 11.8 Å². The van der Waals surface area contributed by atoms with Gasteiger partial charge in [0.05, 0.1) is 5.92 Å². The lowest BCUT2D eigenvalue weighted by Gasteiger charge is -2.26. The van der Waals surface area contributed by atoms with Gasteiger partial charge in [0.1, 0.15) is 0 Å². The Morgan fingerprint density at radius 1 is 1.37 bits per heavy atom. The van der Waals surface area contributed by atoms with Crippen LogP contribution in [0.2, 0.25) is 0 Å². The second-order valence-electron chi connectivity index (χ2n) is 5.90. The third-order valence-electron chi connectivity index (χ3n) is 4.47. The normalized spacial score (nSPS) is 28.2. The minimum absolute atomic E-state index is 0.0937. The molecule has 0 spiro atoms. The van der Waals surface area contributed by atoms with Crippen molar-refractivity contribution in [1.82, 2.24) is 10.2 Å². The molecule has 0 aromatic rings. The number of carbonyl (C=O) groups excluding carboxylic acids is 1. The molecule has 5 heteroatoms. The molecular weight excluding hydrogens is 244 g/mol. The van der Waals surface area contributed by atoms with Crippen LogP contribution in [0.1, 0.15) is 46.0 Å². The molecule has 2 amide bonds. The van der Waals surface area contributed by atoms with Crippen LogP contribution in [-0.4, -0.2) is 40.6 Å². The Kier molecular flexibility index (Phi) is 4.32. The summed E-state index contributed by atoms with van der Waals surface area (Å²) in [5.74, 6) is -0.435. The van der Waals surface area contributed by atoms with Crippen molar-refractivity contribution in [1.29, 1.82) is 0 Å². The molecule has 0 aromatic carbocycles. The van der Waals surface area contributed by atoms with E-state index in [4.69, 9.17) is 5.11 Å². The fraction of sp³-hybridized carbons (Fsp3) is 0.857. The number of nitrogens with zero attached hydrogens (tertiary/aromatic N) is 1. The second kappa shape index (κ2) is 5.80. The summed E-state index contributed by atoms with van der Waals surface area (Å²) in [5.41, 5.74) is 0. The van der Waals surface area contributed by atoms with E-state index in [-0.39, 0.29) is 18.1 Å². The van der Waals surface area contributed by atoms with Gasteiger partial charge in [-0.3, -0.25) is 4.79 Å². The van der Waals surface area contributed by atoms with Crippen LogP contribution in [0.15, 0.2) is 0 Å².